The molecule has 0 amide bonds. The van der Waals surface area contributed by atoms with Gasteiger partial charge in [0.05, 0.1) is 16.8 Å². The number of aromatic nitrogens is 1. The summed E-state index contributed by atoms with van der Waals surface area (Å²) in [7, 11) is 1.51. The molecule has 0 saturated heterocycles. The molecule has 0 fully saturated rings. The summed E-state index contributed by atoms with van der Waals surface area (Å²) in [4.78, 5) is 15.2. The normalized spacial score (nSPS) is 11.5. The summed E-state index contributed by atoms with van der Waals surface area (Å²) >= 11 is 0. The lowest BCUT2D eigenvalue weighted by molar-refractivity contribution is -0.138. The van der Waals surface area contributed by atoms with Gasteiger partial charge in [-0.05, 0) is 26.3 Å². The molecule has 1 aromatic heterocycles. The highest BCUT2D eigenvalue weighted by molar-refractivity contribution is 6.00. The number of ketones is 1. The van der Waals surface area contributed by atoms with Crippen molar-refractivity contribution < 1.29 is 18.0 Å². The van der Waals surface area contributed by atoms with Crippen LogP contribution in [0, 0.1) is 13.8 Å². The van der Waals surface area contributed by atoms with E-state index in [1.165, 1.54) is 27.8 Å². The second kappa shape index (κ2) is 4.35. The molecule has 6 heteroatoms. The van der Waals surface area contributed by atoms with Crippen LogP contribution < -0.4 is 5.32 Å². The van der Waals surface area contributed by atoms with Crippen LogP contribution >= 0.6 is 0 Å². The van der Waals surface area contributed by atoms with E-state index in [0.717, 1.165) is 0 Å². The number of halogens is 3. The van der Waals surface area contributed by atoms with E-state index in [-0.39, 0.29) is 22.6 Å². The highest BCUT2D eigenvalue weighted by atomic mass is 19.4. The fourth-order valence-corrected chi connectivity index (χ4v) is 1.88. The van der Waals surface area contributed by atoms with Crippen molar-refractivity contribution in [3.05, 3.63) is 22.4 Å². The maximum Gasteiger partial charge on any atom is 0.418 e. The molecule has 0 aliphatic heterocycles. The minimum atomic E-state index is -4.50. The van der Waals surface area contributed by atoms with Gasteiger partial charge in [0.1, 0.15) is 5.82 Å². The van der Waals surface area contributed by atoms with Gasteiger partial charge in [0.15, 0.2) is 5.78 Å². The van der Waals surface area contributed by atoms with Crippen LogP contribution in [-0.4, -0.2) is 17.8 Å². The summed E-state index contributed by atoms with van der Waals surface area (Å²) in [5.74, 6) is -0.259. The van der Waals surface area contributed by atoms with E-state index in [2.05, 4.69) is 10.3 Å². The summed E-state index contributed by atoms with van der Waals surface area (Å²) < 4.78 is 38.5. The van der Waals surface area contributed by atoms with Crippen LogP contribution in [0.3, 0.4) is 0 Å². The van der Waals surface area contributed by atoms with Gasteiger partial charge in [-0.1, -0.05) is 0 Å². The molecule has 94 valence electrons. The van der Waals surface area contributed by atoms with Crippen LogP contribution in [0.1, 0.15) is 34.1 Å². The van der Waals surface area contributed by atoms with Crippen molar-refractivity contribution in [3.8, 4) is 0 Å². The Balaban J connectivity index is 3.67. The average Bonchev–Trinajstić information content (AvgIpc) is 2.13. The third-order valence-corrected chi connectivity index (χ3v) is 2.50. The Hall–Kier alpha value is -1.59. The Kier molecular flexibility index (Phi) is 3.45. The summed E-state index contributed by atoms with van der Waals surface area (Å²) in [6.07, 6.45) is -4.50. The number of alkyl halides is 3. The Morgan fingerprint density at radius 3 is 2.18 bits per heavy atom. The van der Waals surface area contributed by atoms with Crippen molar-refractivity contribution >= 4 is 11.6 Å². The quantitative estimate of drug-likeness (QED) is 0.816. The third-order valence-electron chi connectivity index (χ3n) is 2.50. The van der Waals surface area contributed by atoms with Gasteiger partial charge in [-0.3, -0.25) is 4.79 Å². The summed E-state index contributed by atoms with van der Waals surface area (Å²) in [6, 6.07) is 0. The zero-order chi connectivity index (χ0) is 13.4. The number of Topliss-reactive ketones (excluding diaryl/α,β-unsaturated/α-hetero) is 1. The first kappa shape index (κ1) is 13.5. The number of nitrogens with zero attached hydrogens (tertiary/aromatic N) is 1. The Bertz CT molecular complexity index is 467. The molecule has 1 aromatic rings. The number of pyridine rings is 1. The molecule has 1 rings (SSSR count). The van der Waals surface area contributed by atoms with Crippen molar-refractivity contribution in [2.75, 3.05) is 12.4 Å². The first-order chi connectivity index (χ1) is 7.70. The van der Waals surface area contributed by atoms with Crippen LogP contribution in [0.4, 0.5) is 19.0 Å². The maximum absolute atomic E-state index is 12.8. The van der Waals surface area contributed by atoms with E-state index in [4.69, 9.17) is 0 Å². The van der Waals surface area contributed by atoms with Crippen molar-refractivity contribution in [3.63, 3.8) is 0 Å². The second-order valence-corrected chi connectivity index (χ2v) is 3.72. The monoisotopic (exact) mass is 246 g/mol. The fourth-order valence-electron chi connectivity index (χ4n) is 1.88. The predicted octanol–water partition coefficient (Wildman–Crippen LogP) is 2.96. The average molecular weight is 246 g/mol. The summed E-state index contributed by atoms with van der Waals surface area (Å²) in [6.45, 7) is 3.79. The number of carbonyl (C=O) groups is 1. The van der Waals surface area contributed by atoms with Crippen LogP contribution in [0.2, 0.25) is 0 Å². The number of nitrogens with one attached hydrogen (secondary N) is 1. The minimum Gasteiger partial charge on any atom is -0.373 e. The molecule has 0 spiro atoms. The summed E-state index contributed by atoms with van der Waals surface area (Å²) in [5.41, 5.74) is -1.06. The van der Waals surface area contributed by atoms with E-state index < -0.39 is 17.5 Å². The van der Waals surface area contributed by atoms with Crippen molar-refractivity contribution in [2.45, 2.75) is 26.9 Å². The van der Waals surface area contributed by atoms with E-state index >= 15 is 0 Å². The molecule has 1 heterocycles. The lowest BCUT2D eigenvalue weighted by Gasteiger charge is -2.17. The lowest BCUT2D eigenvalue weighted by Crippen LogP contribution is -2.17. The molecule has 0 aliphatic carbocycles. The number of rotatable bonds is 2. The van der Waals surface area contributed by atoms with E-state index in [1.54, 1.807) is 0 Å². The SMILES string of the molecule is CNc1nc(C)c(C(F)(F)F)c(C)c1C(C)=O. The molecular formula is C11H13F3N2O. The minimum absolute atomic E-state index is 0.00887. The van der Waals surface area contributed by atoms with Gasteiger partial charge in [-0.2, -0.15) is 13.2 Å². The molecule has 0 radical (unpaired) electrons. The molecular weight excluding hydrogens is 233 g/mol. The molecule has 0 saturated carbocycles. The van der Waals surface area contributed by atoms with Gasteiger partial charge in [-0.25, -0.2) is 4.98 Å². The van der Waals surface area contributed by atoms with Crippen LogP contribution in [-0.2, 0) is 6.18 Å². The van der Waals surface area contributed by atoms with Crippen LogP contribution in [0.25, 0.3) is 0 Å². The lowest BCUT2D eigenvalue weighted by atomic mass is 9.99. The van der Waals surface area contributed by atoms with Gasteiger partial charge in [0, 0.05) is 7.05 Å². The van der Waals surface area contributed by atoms with E-state index in [9.17, 15) is 18.0 Å². The van der Waals surface area contributed by atoms with E-state index in [1.807, 2.05) is 0 Å². The van der Waals surface area contributed by atoms with Gasteiger partial charge < -0.3 is 5.32 Å². The first-order valence-electron chi connectivity index (χ1n) is 4.97. The summed E-state index contributed by atoms with van der Waals surface area (Å²) in [5, 5.41) is 2.64. The molecule has 1 N–H and O–H groups in total. The third kappa shape index (κ3) is 2.40. The largest absolute Gasteiger partial charge is 0.418 e. The van der Waals surface area contributed by atoms with Gasteiger partial charge >= 0.3 is 6.18 Å². The maximum atomic E-state index is 12.8. The van der Waals surface area contributed by atoms with Gasteiger partial charge in [-0.15, -0.1) is 0 Å². The number of anilines is 1. The molecule has 0 aromatic carbocycles. The van der Waals surface area contributed by atoms with Crippen molar-refractivity contribution in [1.29, 1.82) is 0 Å². The van der Waals surface area contributed by atoms with Crippen LogP contribution in [0.15, 0.2) is 0 Å². The zero-order valence-corrected chi connectivity index (χ0v) is 9.99. The van der Waals surface area contributed by atoms with Crippen LogP contribution in [0.5, 0.6) is 0 Å². The molecule has 0 aliphatic rings. The molecule has 0 atom stereocenters. The van der Waals surface area contributed by atoms with Crippen molar-refractivity contribution in [2.24, 2.45) is 0 Å². The molecule has 3 nitrogen and oxygen atoms in total. The predicted molar refractivity (Wildman–Crippen MR) is 58.3 cm³/mol. The number of hydrogen-bond donors (Lipinski definition) is 1. The smallest absolute Gasteiger partial charge is 0.373 e. The second-order valence-electron chi connectivity index (χ2n) is 3.72. The Morgan fingerprint density at radius 1 is 1.29 bits per heavy atom. The van der Waals surface area contributed by atoms with E-state index in [0.29, 0.717) is 0 Å². The Labute approximate surface area is 97.0 Å². The highest BCUT2D eigenvalue weighted by Crippen LogP contribution is 2.36. The van der Waals surface area contributed by atoms with Gasteiger partial charge in [0.2, 0.25) is 0 Å². The number of hydrogen-bond acceptors (Lipinski definition) is 3. The van der Waals surface area contributed by atoms with Gasteiger partial charge in [0.25, 0.3) is 0 Å². The Morgan fingerprint density at radius 2 is 1.82 bits per heavy atom. The topological polar surface area (TPSA) is 42.0 Å². The number of carbonyl (C=O) groups excluding carboxylic acids is 1. The first-order valence-corrected chi connectivity index (χ1v) is 4.97. The molecule has 17 heavy (non-hydrogen) atoms. The standard InChI is InChI=1S/C11H13F3N2O/c1-5-8(7(3)17)10(15-4)16-6(2)9(5)11(12,13)14/h1-4H3,(H,15,16). The molecule has 0 bridgehead atoms. The van der Waals surface area contributed by atoms with Crippen molar-refractivity contribution in [1.82, 2.24) is 4.98 Å². The zero-order valence-electron chi connectivity index (χ0n) is 9.99. The fraction of sp³-hybridized carbons (Fsp3) is 0.455. The number of aryl methyl sites for hydroxylation is 1. The molecule has 0 unspecified atom stereocenters. The highest BCUT2D eigenvalue weighted by Gasteiger charge is 2.37.